The Labute approximate surface area is 125 Å². The minimum absolute atomic E-state index is 0.147. The third-order valence-electron chi connectivity index (χ3n) is 4.59. The standard InChI is InChI=1S/C17H19NO2S/c19-21(20,18-17(13-8-9-13)14-10-11-14)16-7-3-5-12-4-1-2-6-15(12)16/h1-7,13-14,17-18H,8-11H2. The normalized spacial score (nSPS) is 19.3. The summed E-state index contributed by atoms with van der Waals surface area (Å²) in [5.41, 5.74) is 0. The zero-order chi connectivity index (χ0) is 14.4. The van der Waals surface area contributed by atoms with Crippen LogP contribution in [0.15, 0.2) is 47.4 Å². The van der Waals surface area contributed by atoms with Gasteiger partial charge in [-0.25, -0.2) is 13.1 Å². The van der Waals surface area contributed by atoms with E-state index in [4.69, 9.17) is 0 Å². The molecule has 2 aliphatic carbocycles. The highest BCUT2D eigenvalue weighted by Crippen LogP contribution is 2.45. The summed E-state index contributed by atoms with van der Waals surface area (Å²) in [6, 6.07) is 13.3. The molecule has 2 aliphatic rings. The Kier molecular flexibility index (Phi) is 3.05. The quantitative estimate of drug-likeness (QED) is 0.921. The summed E-state index contributed by atoms with van der Waals surface area (Å²) in [4.78, 5) is 0.409. The highest BCUT2D eigenvalue weighted by atomic mass is 32.2. The maximum atomic E-state index is 12.8. The van der Waals surface area contributed by atoms with Gasteiger partial charge >= 0.3 is 0 Å². The van der Waals surface area contributed by atoms with E-state index in [2.05, 4.69) is 4.72 Å². The minimum atomic E-state index is -3.45. The zero-order valence-corrected chi connectivity index (χ0v) is 12.6. The average Bonchev–Trinajstić information content (AvgIpc) is 3.38. The van der Waals surface area contributed by atoms with Crippen molar-refractivity contribution in [2.24, 2.45) is 11.8 Å². The van der Waals surface area contributed by atoms with Gasteiger partial charge in [-0.3, -0.25) is 0 Å². The molecule has 0 bridgehead atoms. The fourth-order valence-electron chi connectivity index (χ4n) is 3.16. The second kappa shape index (κ2) is 4.82. The van der Waals surface area contributed by atoms with Crippen molar-refractivity contribution in [3.8, 4) is 0 Å². The number of hydrogen-bond acceptors (Lipinski definition) is 2. The van der Waals surface area contributed by atoms with E-state index in [9.17, 15) is 8.42 Å². The summed E-state index contributed by atoms with van der Waals surface area (Å²) in [5, 5.41) is 1.77. The molecule has 3 nitrogen and oxygen atoms in total. The lowest BCUT2D eigenvalue weighted by Gasteiger charge is -2.18. The lowest BCUT2D eigenvalue weighted by molar-refractivity contribution is 0.471. The maximum Gasteiger partial charge on any atom is 0.241 e. The number of rotatable bonds is 5. The van der Waals surface area contributed by atoms with Gasteiger partial charge in [0, 0.05) is 11.4 Å². The molecule has 2 saturated carbocycles. The lowest BCUT2D eigenvalue weighted by atomic mass is 10.1. The highest BCUT2D eigenvalue weighted by molar-refractivity contribution is 7.89. The number of nitrogens with one attached hydrogen (secondary N) is 1. The van der Waals surface area contributed by atoms with Gasteiger partial charge in [0.05, 0.1) is 4.90 Å². The van der Waals surface area contributed by atoms with E-state index in [0.717, 1.165) is 10.8 Å². The van der Waals surface area contributed by atoms with Crippen molar-refractivity contribution in [1.29, 1.82) is 0 Å². The third kappa shape index (κ3) is 2.58. The predicted molar refractivity (Wildman–Crippen MR) is 83.5 cm³/mol. The number of sulfonamides is 1. The van der Waals surface area contributed by atoms with Gasteiger partial charge in [0.25, 0.3) is 0 Å². The van der Waals surface area contributed by atoms with Crippen molar-refractivity contribution in [2.75, 3.05) is 0 Å². The van der Waals surface area contributed by atoms with Crippen LogP contribution in [0.4, 0.5) is 0 Å². The van der Waals surface area contributed by atoms with Gasteiger partial charge in [0.15, 0.2) is 0 Å². The summed E-state index contributed by atoms with van der Waals surface area (Å²) in [6.45, 7) is 0. The first-order valence-electron chi connectivity index (χ1n) is 7.65. The fraction of sp³-hybridized carbons (Fsp3) is 0.412. The van der Waals surface area contributed by atoms with Crippen molar-refractivity contribution < 1.29 is 8.42 Å². The van der Waals surface area contributed by atoms with E-state index in [1.807, 2.05) is 36.4 Å². The summed E-state index contributed by atoms with van der Waals surface area (Å²) in [7, 11) is -3.45. The van der Waals surface area contributed by atoms with Gasteiger partial charge in [-0.05, 0) is 49.0 Å². The molecule has 2 aromatic carbocycles. The maximum absolute atomic E-state index is 12.8. The molecule has 0 heterocycles. The monoisotopic (exact) mass is 301 g/mol. The van der Waals surface area contributed by atoms with Gasteiger partial charge in [-0.15, -0.1) is 0 Å². The molecule has 0 aliphatic heterocycles. The van der Waals surface area contributed by atoms with E-state index < -0.39 is 10.0 Å². The first-order chi connectivity index (χ1) is 10.1. The van der Waals surface area contributed by atoms with Crippen molar-refractivity contribution in [3.63, 3.8) is 0 Å². The van der Waals surface area contributed by atoms with Crippen molar-refractivity contribution in [1.82, 2.24) is 4.72 Å². The fourth-order valence-corrected chi connectivity index (χ4v) is 4.76. The van der Waals surface area contributed by atoms with Crippen LogP contribution in [0.3, 0.4) is 0 Å². The van der Waals surface area contributed by atoms with Crippen LogP contribution in [0.1, 0.15) is 25.7 Å². The van der Waals surface area contributed by atoms with Crippen LogP contribution < -0.4 is 4.72 Å². The highest BCUT2D eigenvalue weighted by Gasteiger charge is 2.43. The molecule has 2 fully saturated rings. The average molecular weight is 301 g/mol. The third-order valence-corrected chi connectivity index (χ3v) is 6.11. The van der Waals surface area contributed by atoms with Crippen LogP contribution in [-0.4, -0.2) is 14.5 Å². The Morgan fingerprint density at radius 1 is 0.905 bits per heavy atom. The molecule has 0 aromatic heterocycles. The molecule has 21 heavy (non-hydrogen) atoms. The Balaban J connectivity index is 1.72. The molecule has 2 aromatic rings. The van der Waals surface area contributed by atoms with Crippen LogP contribution >= 0.6 is 0 Å². The summed E-state index contributed by atoms with van der Waals surface area (Å²) in [5.74, 6) is 1.12. The topological polar surface area (TPSA) is 46.2 Å². The summed E-state index contributed by atoms with van der Waals surface area (Å²) >= 11 is 0. The molecule has 0 atom stereocenters. The van der Waals surface area contributed by atoms with Gasteiger partial charge in [0.2, 0.25) is 10.0 Å². The van der Waals surface area contributed by atoms with Gasteiger partial charge in [-0.2, -0.15) is 0 Å². The smallest absolute Gasteiger partial charge is 0.207 e. The van der Waals surface area contributed by atoms with Crippen LogP contribution in [0.2, 0.25) is 0 Å². The van der Waals surface area contributed by atoms with Crippen LogP contribution in [0.25, 0.3) is 10.8 Å². The molecular formula is C17H19NO2S. The molecule has 0 radical (unpaired) electrons. The first kappa shape index (κ1) is 13.3. The summed E-state index contributed by atoms with van der Waals surface area (Å²) in [6.07, 6.45) is 4.66. The van der Waals surface area contributed by atoms with Gasteiger partial charge in [-0.1, -0.05) is 36.4 Å². The van der Waals surface area contributed by atoms with E-state index >= 15 is 0 Å². The van der Waals surface area contributed by atoms with Crippen molar-refractivity contribution in [2.45, 2.75) is 36.6 Å². The van der Waals surface area contributed by atoms with Crippen molar-refractivity contribution in [3.05, 3.63) is 42.5 Å². The Morgan fingerprint density at radius 2 is 1.52 bits per heavy atom. The van der Waals surface area contributed by atoms with Gasteiger partial charge < -0.3 is 0 Å². The molecule has 0 saturated heterocycles. The van der Waals surface area contributed by atoms with E-state index in [1.54, 1.807) is 6.07 Å². The minimum Gasteiger partial charge on any atom is -0.207 e. The molecule has 0 spiro atoms. The Hall–Kier alpha value is -1.39. The second-order valence-electron chi connectivity index (χ2n) is 6.30. The van der Waals surface area contributed by atoms with E-state index in [1.165, 1.54) is 25.7 Å². The molecular weight excluding hydrogens is 282 g/mol. The summed E-state index contributed by atoms with van der Waals surface area (Å²) < 4.78 is 28.6. The number of fused-ring (bicyclic) bond motifs is 1. The zero-order valence-electron chi connectivity index (χ0n) is 11.8. The van der Waals surface area contributed by atoms with E-state index in [-0.39, 0.29) is 6.04 Å². The van der Waals surface area contributed by atoms with E-state index in [0.29, 0.717) is 16.7 Å². The van der Waals surface area contributed by atoms with Crippen molar-refractivity contribution >= 4 is 20.8 Å². The number of hydrogen-bond donors (Lipinski definition) is 1. The SMILES string of the molecule is O=S(=O)(NC(C1CC1)C1CC1)c1cccc2ccccc12. The van der Waals surface area contributed by atoms with Gasteiger partial charge in [0.1, 0.15) is 0 Å². The molecule has 0 unspecified atom stereocenters. The second-order valence-corrected chi connectivity index (χ2v) is 7.98. The predicted octanol–water partition coefficient (Wildman–Crippen LogP) is 3.31. The Bertz CT molecular complexity index is 759. The van der Waals surface area contributed by atoms with Crippen LogP contribution in [-0.2, 0) is 10.0 Å². The molecule has 1 N–H and O–H groups in total. The molecule has 0 amide bonds. The largest absolute Gasteiger partial charge is 0.241 e. The molecule has 110 valence electrons. The van der Waals surface area contributed by atoms with Crippen LogP contribution in [0, 0.1) is 11.8 Å². The molecule has 4 rings (SSSR count). The first-order valence-corrected chi connectivity index (χ1v) is 9.13. The van der Waals surface area contributed by atoms with Crippen LogP contribution in [0.5, 0.6) is 0 Å². The lowest BCUT2D eigenvalue weighted by Crippen LogP contribution is -2.38. The molecule has 4 heteroatoms. The number of benzene rings is 2. The Morgan fingerprint density at radius 3 is 2.19 bits per heavy atom.